The molecule has 0 atom stereocenters. The van der Waals surface area contributed by atoms with Crippen LogP contribution in [0.25, 0.3) is 0 Å². The number of anilines is 1. The fourth-order valence-corrected chi connectivity index (χ4v) is 3.47. The van der Waals surface area contributed by atoms with Crippen molar-refractivity contribution >= 4 is 22.9 Å². The van der Waals surface area contributed by atoms with E-state index in [2.05, 4.69) is 5.32 Å². The highest BCUT2D eigenvalue weighted by Crippen LogP contribution is 2.22. The predicted molar refractivity (Wildman–Crippen MR) is 117 cm³/mol. The Morgan fingerprint density at radius 1 is 0.933 bits per heavy atom. The Morgan fingerprint density at radius 3 is 2.23 bits per heavy atom. The van der Waals surface area contributed by atoms with Crippen LogP contribution in [-0.4, -0.2) is 15.6 Å². The lowest BCUT2D eigenvalue weighted by Crippen LogP contribution is -2.14. The minimum Gasteiger partial charge on any atom is -0.494 e. The molecular weight excluding hydrogens is 400 g/mol. The molecule has 0 bridgehead atoms. The number of ether oxygens (including phenoxy) is 1. The second-order valence-electron chi connectivity index (χ2n) is 6.54. The van der Waals surface area contributed by atoms with Crippen molar-refractivity contribution in [2.24, 2.45) is 0 Å². The van der Waals surface area contributed by atoms with Gasteiger partial charge in [-0.15, -0.1) is 0 Å². The summed E-state index contributed by atoms with van der Waals surface area (Å²) in [6.45, 7) is 0.269. The number of aromatic nitrogens is 1. The van der Waals surface area contributed by atoms with Crippen molar-refractivity contribution in [1.29, 1.82) is 0 Å². The molecule has 4 aromatic rings. The molecule has 6 nitrogen and oxygen atoms in total. The lowest BCUT2D eigenvalue weighted by Gasteiger charge is -2.09. The second-order valence-corrected chi connectivity index (χ2v) is 7.36. The number of rotatable bonds is 6. The number of nitrogens with one attached hydrogen (secondary N) is 1. The van der Waals surface area contributed by atoms with Crippen molar-refractivity contribution in [3.05, 3.63) is 105 Å². The number of benzene rings is 3. The monoisotopic (exact) mass is 418 g/mol. The summed E-state index contributed by atoms with van der Waals surface area (Å²) in [5.74, 6) is 1.09. The Labute approximate surface area is 176 Å². The second kappa shape index (κ2) is 8.67. The molecule has 0 aliphatic heterocycles. The van der Waals surface area contributed by atoms with Crippen LogP contribution >= 0.6 is 11.3 Å². The van der Waals surface area contributed by atoms with Crippen molar-refractivity contribution in [2.45, 2.75) is 6.54 Å². The Bertz CT molecular complexity index is 1200. The summed E-state index contributed by atoms with van der Waals surface area (Å²) in [5.41, 5.74) is 1.98. The molecule has 0 fully saturated rings. The van der Waals surface area contributed by atoms with Gasteiger partial charge < -0.3 is 15.2 Å². The largest absolute Gasteiger partial charge is 0.494 e. The van der Waals surface area contributed by atoms with Gasteiger partial charge >= 0.3 is 4.87 Å². The molecule has 0 aliphatic carbocycles. The molecule has 3 aromatic carbocycles. The fourth-order valence-electron chi connectivity index (χ4n) is 2.85. The van der Waals surface area contributed by atoms with Crippen LogP contribution < -0.4 is 14.9 Å². The number of hydrogen-bond donors (Lipinski definition) is 2. The van der Waals surface area contributed by atoms with Gasteiger partial charge in [0.1, 0.15) is 11.5 Å². The van der Waals surface area contributed by atoms with Crippen molar-refractivity contribution < 1.29 is 14.6 Å². The van der Waals surface area contributed by atoms with E-state index in [0.29, 0.717) is 17.0 Å². The van der Waals surface area contributed by atoms with Gasteiger partial charge in [0.25, 0.3) is 5.91 Å². The number of carbonyl (C=O) groups is 1. The van der Waals surface area contributed by atoms with Gasteiger partial charge in [0, 0.05) is 11.3 Å². The molecular formula is C23H18N2O4S. The molecule has 0 radical (unpaired) electrons. The molecule has 2 N–H and O–H groups in total. The third-order valence-electron chi connectivity index (χ3n) is 4.41. The zero-order valence-electron chi connectivity index (χ0n) is 15.8. The van der Waals surface area contributed by atoms with Gasteiger partial charge in [-0.05, 0) is 54.1 Å². The minimum absolute atomic E-state index is 0.0536. The summed E-state index contributed by atoms with van der Waals surface area (Å²) in [5, 5.41) is 14.0. The van der Waals surface area contributed by atoms with Gasteiger partial charge in [-0.3, -0.25) is 14.2 Å². The standard InChI is InChI=1S/C23H18N2O4S/c26-21-15-30-23(28)25(21)14-16-6-10-18(11-7-16)24-22(27)17-8-12-20(13-9-17)29-19-4-2-1-3-5-19/h1-13,15,26H,14H2,(H,24,27). The summed E-state index contributed by atoms with van der Waals surface area (Å²) in [6.07, 6.45) is 0. The van der Waals surface area contributed by atoms with E-state index in [4.69, 9.17) is 4.74 Å². The third-order valence-corrected chi connectivity index (χ3v) is 5.16. The average molecular weight is 418 g/mol. The Morgan fingerprint density at radius 2 is 1.60 bits per heavy atom. The van der Waals surface area contributed by atoms with Crippen molar-refractivity contribution in [2.75, 3.05) is 5.32 Å². The lowest BCUT2D eigenvalue weighted by atomic mass is 10.1. The molecule has 7 heteroatoms. The van der Waals surface area contributed by atoms with Crippen LogP contribution in [0, 0.1) is 0 Å². The Balaban J connectivity index is 1.38. The molecule has 0 spiro atoms. The number of aromatic hydroxyl groups is 1. The summed E-state index contributed by atoms with van der Waals surface area (Å²) in [6, 6.07) is 23.4. The molecule has 0 saturated heterocycles. The first-order chi connectivity index (χ1) is 14.6. The number of para-hydroxylation sites is 1. The van der Waals surface area contributed by atoms with Crippen LogP contribution in [0.1, 0.15) is 15.9 Å². The van der Waals surface area contributed by atoms with Crippen LogP contribution in [0.15, 0.2) is 89.0 Å². The van der Waals surface area contributed by atoms with Gasteiger partial charge in [0.15, 0.2) is 0 Å². The number of nitrogens with zero attached hydrogens (tertiary/aromatic N) is 1. The summed E-state index contributed by atoms with van der Waals surface area (Å²) < 4.78 is 7.02. The highest BCUT2D eigenvalue weighted by atomic mass is 32.1. The molecule has 1 aromatic heterocycles. The maximum absolute atomic E-state index is 12.5. The van der Waals surface area contributed by atoms with Gasteiger partial charge in [-0.1, -0.05) is 41.7 Å². The molecule has 1 heterocycles. The Kier molecular flexibility index (Phi) is 5.63. The lowest BCUT2D eigenvalue weighted by molar-refractivity contribution is 0.102. The first-order valence-electron chi connectivity index (χ1n) is 9.19. The fraction of sp³-hybridized carbons (Fsp3) is 0.0435. The number of amides is 1. The summed E-state index contributed by atoms with van der Waals surface area (Å²) in [4.78, 5) is 24.0. The topological polar surface area (TPSA) is 80.6 Å². The van der Waals surface area contributed by atoms with E-state index in [1.807, 2.05) is 30.3 Å². The van der Waals surface area contributed by atoms with Crippen LogP contribution in [0.4, 0.5) is 5.69 Å². The molecule has 0 unspecified atom stereocenters. The Hall–Kier alpha value is -3.84. The van der Waals surface area contributed by atoms with Gasteiger partial charge in [0.2, 0.25) is 5.88 Å². The first kappa shape index (κ1) is 19.5. The summed E-state index contributed by atoms with van der Waals surface area (Å²) in [7, 11) is 0. The minimum atomic E-state index is -0.235. The number of carbonyl (C=O) groups excluding carboxylic acids is 1. The smallest absolute Gasteiger partial charge is 0.310 e. The van der Waals surface area contributed by atoms with E-state index in [1.54, 1.807) is 48.5 Å². The van der Waals surface area contributed by atoms with Crippen molar-refractivity contribution in [1.82, 2.24) is 4.57 Å². The maximum atomic E-state index is 12.5. The average Bonchev–Trinajstić information content (AvgIpc) is 3.08. The maximum Gasteiger partial charge on any atom is 0.310 e. The molecule has 150 valence electrons. The molecule has 30 heavy (non-hydrogen) atoms. The van der Waals surface area contributed by atoms with Crippen LogP contribution in [0.5, 0.6) is 17.4 Å². The van der Waals surface area contributed by atoms with Gasteiger partial charge in [-0.2, -0.15) is 0 Å². The normalized spacial score (nSPS) is 10.5. The van der Waals surface area contributed by atoms with Crippen molar-refractivity contribution in [3.63, 3.8) is 0 Å². The highest BCUT2D eigenvalue weighted by molar-refractivity contribution is 7.07. The number of thiazole rings is 1. The van der Waals surface area contributed by atoms with E-state index in [1.165, 1.54) is 9.95 Å². The zero-order valence-corrected chi connectivity index (χ0v) is 16.6. The van der Waals surface area contributed by atoms with E-state index in [0.717, 1.165) is 22.6 Å². The first-order valence-corrected chi connectivity index (χ1v) is 10.1. The molecule has 0 saturated carbocycles. The quantitative estimate of drug-likeness (QED) is 0.475. The van der Waals surface area contributed by atoms with E-state index >= 15 is 0 Å². The van der Waals surface area contributed by atoms with Crippen LogP contribution in [-0.2, 0) is 6.54 Å². The third kappa shape index (κ3) is 4.59. The SMILES string of the molecule is O=C(Nc1ccc(Cn2c(O)csc2=O)cc1)c1ccc(Oc2ccccc2)cc1. The van der Waals surface area contributed by atoms with E-state index in [9.17, 15) is 14.7 Å². The van der Waals surface area contributed by atoms with E-state index in [-0.39, 0.29) is 23.2 Å². The van der Waals surface area contributed by atoms with Crippen LogP contribution in [0.3, 0.4) is 0 Å². The van der Waals surface area contributed by atoms with Crippen LogP contribution in [0.2, 0.25) is 0 Å². The van der Waals surface area contributed by atoms with E-state index < -0.39 is 0 Å². The summed E-state index contributed by atoms with van der Waals surface area (Å²) >= 11 is 0.952. The van der Waals surface area contributed by atoms with Gasteiger partial charge in [-0.25, -0.2) is 0 Å². The molecule has 0 aliphatic rings. The van der Waals surface area contributed by atoms with Crippen molar-refractivity contribution in [3.8, 4) is 17.4 Å². The molecule has 1 amide bonds. The molecule has 4 rings (SSSR count). The zero-order chi connectivity index (χ0) is 20.9. The van der Waals surface area contributed by atoms with Gasteiger partial charge in [0.05, 0.1) is 11.9 Å². The highest BCUT2D eigenvalue weighted by Gasteiger charge is 2.08. The number of hydrogen-bond acceptors (Lipinski definition) is 5. The predicted octanol–water partition coefficient (Wildman–Crippen LogP) is 4.71.